The van der Waals surface area contributed by atoms with E-state index in [-0.39, 0.29) is 27.3 Å². The number of hydrogen-bond donors (Lipinski definition) is 1. The van der Waals surface area contributed by atoms with Crippen LogP contribution >= 0.6 is 11.6 Å². The molecule has 1 fully saturated rings. The van der Waals surface area contributed by atoms with Crippen molar-refractivity contribution in [3.05, 3.63) is 65.2 Å². The van der Waals surface area contributed by atoms with Crippen molar-refractivity contribution in [3.63, 3.8) is 0 Å². The number of rotatable bonds is 8. The Balaban J connectivity index is 1.49. The van der Waals surface area contributed by atoms with Crippen molar-refractivity contribution >= 4 is 27.3 Å². The molecule has 11 heteroatoms. The van der Waals surface area contributed by atoms with E-state index in [1.807, 2.05) is 0 Å². The van der Waals surface area contributed by atoms with E-state index < -0.39 is 10.0 Å². The summed E-state index contributed by atoms with van der Waals surface area (Å²) in [5.74, 6) is -0.397. The quantitative estimate of drug-likeness (QED) is 0.462. The summed E-state index contributed by atoms with van der Waals surface area (Å²) >= 11 is 5.94. The van der Waals surface area contributed by atoms with E-state index in [9.17, 15) is 8.42 Å². The van der Waals surface area contributed by atoms with Crippen molar-refractivity contribution in [2.75, 3.05) is 38.0 Å². The third-order valence-electron chi connectivity index (χ3n) is 6.16. The van der Waals surface area contributed by atoms with Crippen LogP contribution < -0.4 is 9.46 Å². The fraction of sp³-hybridized carbons (Fsp3) is 0.360. The summed E-state index contributed by atoms with van der Waals surface area (Å²) in [4.78, 5) is 12.7. The zero-order chi connectivity index (χ0) is 25.9. The molecule has 1 N–H and O–H groups in total. The molecule has 1 aliphatic heterocycles. The molecule has 0 amide bonds. The van der Waals surface area contributed by atoms with Crippen molar-refractivity contribution in [2.24, 2.45) is 0 Å². The smallest absolute Gasteiger partial charge is 0.267 e. The number of anilines is 1. The molecule has 8 nitrogen and oxygen atoms in total. The molecule has 0 atom stereocenters. The third kappa shape index (κ3) is 6.12. The predicted molar refractivity (Wildman–Crippen MR) is 138 cm³/mol. The lowest BCUT2D eigenvalue weighted by Crippen LogP contribution is -2.48. The monoisotopic (exact) mass is 533 g/mol. The minimum Gasteiger partial charge on any atom is -0.480 e. The van der Waals surface area contributed by atoms with Gasteiger partial charge in [0.15, 0.2) is 4.90 Å². The molecule has 0 unspecified atom stereocenters. The summed E-state index contributed by atoms with van der Waals surface area (Å²) in [6.07, 6.45) is 2.76. The Morgan fingerprint density at radius 1 is 1.11 bits per heavy atom. The van der Waals surface area contributed by atoms with Crippen LogP contribution in [0.15, 0.2) is 53.7 Å². The molecule has 0 aliphatic carbocycles. The number of pyridine rings is 2. The lowest BCUT2D eigenvalue weighted by Gasteiger charge is -2.37. The molecule has 0 spiro atoms. The van der Waals surface area contributed by atoms with Crippen LogP contribution in [0.1, 0.15) is 19.4 Å². The summed E-state index contributed by atoms with van der Waals surface area (Å²) < 4.78 is 48.4. The Labute approximate surface area is 216 Å². The van der Waals surface area contributed by atoms with E-state index in [2.05, 4.69) is 38.3 Å². The molecule has 4 rings (SSSR count). The van der Waals surface area contributed by atoms with Gasteiger partial charge in [-0.25, -0.2) is 17.8 Å². The lowest BCUT2D eigenvalue weighted by molar-refractivity contribution is 0.103. The maximum atomic E-state index is 15.0. The van der Waals surface area contributed by atoms with Gasteiger partial charge in [0.25, 0.3) is 10.0 Å². The second kappa shape index (κ2) is 11.1. The summed E-state index contributed by atoms with van der Waals surface area (Å²) in [5.41, 5.74) is 1.86. The zero-order valence-corrected chi connectivity index (χ0v) is 22.0. The molecular weight excluding hydrogens is 505 g/mol. The Kier molecular flexibility index (Phi) is 8.09. The predicted octanol–water partition coefficient (Wildman–Crippen LogP) is 4.27. The molecule has 2 aromatic heterocycles. The highest BCUT2D eigenvalue weighted by molar-refractivity contribution is 7.92. The van der Waals surface area contributed by atoms with Crippen LogP contribution in [-0.2, 0) is 16.6 Å². The number of aromatic nitrogens is 2. The molecular formula is C25H29ClFN5O3S. The van der Waals surface area contributed by atoms with Gasteiger partial charge in [0.2, 0.25) is 5.88 Å². The molecule has 3 aromatic rings. The average Bonchev–Trinajstić information content (AvgIpc) is 2.85. The Hall–Kier alpha value is -2.79. The number of methoxy groups -OCH3 is 1. The number of halogens is 2. The van der Waals surface area contributed by atoms with Gasteiger partial charge in [-0.1, -0.05) is 23.7 Å². The number of sulfonamides is 1. The van der Waals surface area contributed by atoms with Crippen molar-refractivity contribution < 1.29 is 17.5 Å². The van der Waals surface area contributed by atoms with Crippen LogP contribution in [0.5, 0.6) is 5.88 Å². The van der Waals surface area contributed by atoms with Gasteiger partial charge in [-0.15, -0.1) is 0 Å². The first-order valence-corrected chi connectivity index (χ1v) is 13.5. The third-order valence-corrected chi connectivity index (χ3v) is 7.74. The maximum absolute atomic E-state index is 15.0. The van der Waals surface area contributed by atoms with Crippen LogP contribution in [-0.4, -0.2) is 67.5 Å². The highest BCUT2D eigenvalue weighted by atomic mass is 35.5. The molecule has 1 saturated heterocycles. The highest BCUT2D eigenvalue weighted by Crippen LogP contribution is 2.28. The van der Waals surface area contributed by atoms with Crippen LogP contribution in [0.25, 0.3) is 11.3 Å². The number of benzene rings is 1. The van der Waals surface area contributed by atoms with E-state index in [0.717, 1.165) is 26.2 Å². The van der Waals surface area contributed by atoms with Crippen molar-refractivity contribution in [2.45, 2.75) is 31.3 Å². The SMILES string of the molecule is COc1ncc(Cl)cc1S(=O)(=O)Nc1ccnc(-c2ccc(CN3CCN(C(C)C)CC3)c(F)c2)c1. The van der Waals surface area contributed by atoms with Gasteiger partial charge >= 0.3 is 0 Å². The molecule has 1 aliphatic rings. The van der Waals surface area contributed by atoms with Crippen LogP contribution in [0.4, 0.5) is 10.1 Å². The lowest BCUT2D eigenvalue weighted by atomic mass is 10.1. The Morgan fingerprint density at radius 2 is 1.86 bits per heavy atom. The second-order valence-corrected chi connectivity index (χ2v) is 11.0. The van der Waals surface area contributed by atoms with Crippen molar-refractivity contribution in [3.8, 4) is 17.1 Å². The molecule has 0 saturated carbocycles. The highest BCUT2D eigenvalue weighted by Gasteiger charge is 2.22. The Morgan fingerprint density at radius 3 is 2.53 bits per heavy atom. The minimum absolute atomic E-state index is 0.0792. The molecule has 36 heavy (non-hydrogen) atoms. The number of piperazine rings is 1. The first kappa shape index (κ1) is 26.3. The van der Waals surface area contributed by atoms with E-state index in [4.69, 9.17) is 16.3 Å². The summed E-state index contributed by atoms with van der Waals surface area (Å²) in [7, 11) is -2.73. The van der Waals surface area contributed by atoms with Gasteiger partial charge in [0.05, 0.1) is 23.5 Å². The summed E-state index contributed by atoms with van der Waals surface area (Å²) in [6, 6.07) is 9.82. The number of hydrogen-bond acceptors (Lipinski definition) is 7. The van der Waals surface area contributed by atoms with E-state index in [1.54, 1.807) is 18.2 Å². The second-order valence-electron chi connectivity index (χ2n) is 8.91. The molecule has 3 heterocycles. The van der Waals surface area contributed by atoms with Crippen molar-refractivity contribution in [1.29, 1.82) is 0 Å². The van der Waals surface area contributed by atoms with Gasteiger partial charge in [0, 0.05) is 62.3 Å². The summed E-state index contributed by atoms with van der Waals surface area (Å²) in [5, 5.41) is 0.156. The molecule has 1 aromatic carbocycles. The Bertz CT molecular complexity index is 1330. The van der Waals surface area contributed by atoms with Gasteiger partial charge in [0.1, 0.15) is 5.82 Å². The van der Waals surface area contributed by atoms with Gasteiger partial charge in [-0.3, -0.25) is 19.5 Å². The van der Waals surface area contributed by atoms with Crippen molar-refractivity contribution in [1.82, 2.24) is 19.8 Å². The summed E-state index contributed by atoms with van der Waals surface area (Å²) in [6.45, 7) is 8.66. The largest absolute Gasteiger partial charge is 0.480 e. The number of nitrogens with zero attached hydrogens (tertiary/aromatic N) is 4. The maximum Gasteiger partial charge on any atom is 0.267 e. The molecule has 192 valence electrons. The van der Waals surface area contributed by atoms with Gasteiger partial charge in [-0.05, 0) is 38.1 Å². The first-order chi connectivity index (χ1) is 17.2. The molecule has 0 radical (unpaired) electrons. The minimum atomic E-state index is -4.05. The van der Waals surface area contributed by atoms with E-state index in [0.29, 0.717) is 29.4 Å². The number of nitrogens with one attached hydrogen (secondary N) is 1. The fourth-order valence-electron chi connectivity index (χ4n) is 4.13. The molecule has 0 bridgehead atoms. The van der Waals surface area contributed by atoms with E-state index >= 15 is 4.39 Å². The van der Waals surface area contributed by atoms with Gasteiger partial charge in [-0.2, -0.15) is 0 Å². The standard InChI is InChI=1S/C25H29ClFN5O3S/c1-17(2)32-10-8-31(9-11-32)16-19-5-4-18(12-22(19)27)23-14-21(6-7-28-23)30-36(33,34)24-13-20(26)15-29-25(24)35-3/h4-7,12-15,17H,8-11,16H2,1-3H3,(H,28,30). The van der Waals surface area contributed by atoms with Crippen LogP contribution in [0.2, 0.25) is 5.02 Å². The van der Waals surface area contributed by atoms with Crippen LogP contribution in [0, 0.1) is 5.82 Å². The van der Waals surface area contributed by atoms with E-state index in [1.165, 1.54) is 37.7 Å². The topological polar surface area (TPSA) is 87.7 Å². The van der Waals surface area contributed by atoms with Gasteiger partial charge < -0.3 is 4.74 Å². The zero-order valence-electron chi connectivity index (χ0n) is 20.4. The average molecular weight is 534 g/mol. The van der Waals surface area contributed by atoms with Crippen LogP contribution in [0.3, 0.4) is 0 Å². The fourth-order valence-corrected chi connectivity index (χ4v) is 5.55. The normalized spacial score (nSPS) is 15.3. The first-order valence-electron chi connectivity index (χ1n) is 11.6. The number of ether oxygens (including phenoxy) is 1.